The highest BCUT2D eigenvalue weighted by Gasteiger charge is 2.16. The lowest BCUT2D eigenvalue weighted by Crippen LogP contribution is -1.99. The molecule has 0 saturated heterocycles. The molecule has 1 N–H and O–H groups in total. The summed E-state index contributed by atoms with van der Waals surface area (Å²) < 4.78 is 4.94. The smallest absolute Gasteiger partial charge is 0.371 e. The van der Waals surface area contributed by atoms with Gasteiger partial charge in [0, 0.05) is 5.56 Å². The van der Waals surface area contributed by atoms with Crippen LogP contribution in [0.25, 0.3) is 0 Å². The molecule has 1 aromatic heterocycles. The van der Waals surface area contributed by atoms with Crippen molar-refractivity contribution in [1.29, 1.82) is 0 Å². The Morgan fingerprint density at radius 1 is 1.00 bits per heavy atom. The predicted octanol–water partition coefficient (Wildman–Crippen LogP) is 2.52. The summed E-state index contributed by atoms with van der Waals surface area (Å²) in [6.07, 6.45) is 0. The number of benzene rings is 1. The normalized spacial score (nSPS) is 10.2. The first kappa shape index (κ1) is 11.1. The summed E-state index contributed by atoms with van der Waals surface area (Å²) in [4.78, 5) is 22.5. The minimum absolute atomic E-state index is 0.0336. The molecule has 0 bridgehead atoms. The SMILES string of the molecule is Cc1ccc(C(=O)c2ccc(C(=O)O)o2)cc1. The van der Waals surface area contributed by atoms with Crippen molar-refractivity contribution in [2.75, 3.05) is 0 Å². The molecule has 0 aliphatic carbocycles. The number of aryl methyl sites for hydroxylation is 1. The zero-order valence-electron chi connectivity index (χ0n) is 9.14. The van der Waals surface area contributed by atoms with Gasteiger partial charge < -0.3 is 9.52 Å². The lowest BCUT2D eigenvalue weighted by Gasteiger charge is -1.98. The molecular formula is C13H10O4. The van der Waals surface area contributed by atoms with Crippen molar-refractivity contribution in [1.82, 2.24) is 0 Å². The Kier molecular flexibility index (Phi) is 2.78. The maximum absolute atomic E-state index is 11.9. The molecule has 0 aliphatic rings. The molecule has 1 aromatic carbocycles. The Balaban J connectivity index is 2.30. The van der Waals surface area contributed by atoms with Gasteiger partial charge >= 0.3 is 5.97 Å². The largest absolute Gasteiger partial charge is 0.475 e. The van der Waals surface area contributed by atoms with Crippen LogP contribution >= 0.6 is 0 Å². The van der Waals surface area contributed by atoms with Crippen molar-refractivity contribution < 1.29 is 19.1 Å². The van der Waals surface area contributed by atoms with E-state index in [0.29, 0.717) is 5.56 Å². The van der Waals surface area contributed by atoms with E-state index < -0.39 is 5.97 Å². The van der Waals surface area contributed by atoms with Crippen LogP contribution in [0.15, 0.2) is 40.8 Å². The van der Waals surface area contributed by atoms with E-state index in [1.54, 1.807) is 12.1 Å². The third-order valence-corrected chi connectivity index (χ3v) is 2.35. The van der Waals surface area contributed by atoms with Crippen LogP contribution in [-0.2, 0) is 0 Å². The zero-order valence-corrected chi connectivity index (χ0v) is 9.14. The summed E-state index contributed by atoms with van der Waals surface area (Å²) in [6.45, 7) is 1.92. The van der Waals surface area contributed by atoms with Gasteiger partial charge in [0.1, 0.15) is 0 Å². The summed E-state index contributed by atoms with van der Waals surface area (Å²) in [5, 5.41) is 8.68. The predicted molar refractivity (Wildman–Crippen MR) is 60.3 cm³/mol. The fourth-order valence-corrected chi connectivity index (χ4v) is 1.42. The van der Waals surface area contributed by atoms with Gasteiger partial charge in [-0.25, -0.2) is 4.79 Å². The molecule has 86 valence electrons. The summed E-state index contributed by atoms with van der Waals surface area (Å²) in [7, 11) is 0. The molecule has 0 saturated carbocycles. The highest BCUT2D eigenvalue weighted by Crippen LogP contribution is 2.14. The van der Waals surface area contributed by atoms with Crippen LogP contribution in [0.3, 0.4) is 0 Å². The van der Waals surface area contributed by atoms with Crippen molar-refractivity contribution in [2.45, 2.75) is 6.92 Å². The second kappa shape index (κ2) is 4.25. The van der Waals surface area contributed by atoms with E-state index in [1.165, 1.54) is 12.1 Å². The van der Waals surface area contributed by atoms with Gasteiger partial charge in [0.25, 0.3) is 0 Å². The highest BCUT2D eigenvalue weighted by atomic mass is 16.4. The van der Waals surface area contributed by atoms with Crippen molar-refractivity contribution in [2.24, 2.45) is 0 Å². The average molecular weight is 230 g/mol. The Labute approximate surface area is 97.5 Å². The number of carboxylic acid groups (broad SMARTS) is 1. The molecule has 0 atom stereocenters. The van der Waals surface area contributed by atoms with Crippen LogP contribution in [0.2, 0.25) is 0 Å². The summed E-state index contributed by atoms with van der Waals surface area (Å²) in [5.41, 5.74) is 1.52. The summed E-state index contributed by atoms with van der Waals surface area (Å²) in [6, 6.07) is 9.62. The van der Waals surface area contributed by atoms with Gasteiger partial charge in [-0.2, -0.15) is 0 Å². The number of hydrogen-bond donors (Lipinski definition) is 1. The molecule has 2 rings (SSSR count). The Bertz CT molecular complexity index is 563. The molecular weight excluding hydrogens is 220 g/mol. The number of ketones is 1. The third kappa shape index (κ3) is 2.25. The van der Waals surface area contributed by atoms with Crippen LogP contribution < -0.4 is 0 Å². The number of hydrogen-bond acceptors (Lipinski definition) is 3. The molecule has 2 aromatic rings. The lowest BCUT2D eigenvalue weighted by atomic mass is 10.1. The van der Waals surface area contributed by atoms with E-state index in [2.05, 4.69) is 0 Å². The number of furan rings is 1. The van der Waals surface area contributed by atoms with Crippen LogP contribution in [0, 0.1) is 6.92 Å². The molecule has 0 radical (unpaired) electrons. The summed E-state index contributed by atoms with van der Waals surface area (Å²) in [5.74, 6) is -1.71. The van der Waals surface area contributed by atoms with Crippen molar-refractivity contribution >= 4 is 11.8 Å². The fraction of sp³-hybridized carbons (Fsp3) is 0.0769. The van der Waals surface area contributed by atoms with Crippen LogP contribution in [0.4, 0.5) is 0 Å². The fourth-order valence-electron chi connectivity index (χ4n) is 1.42. The first-order valence-electron chi connectivity index (χ1n) is 5.02. The average Bonchev–Trinajstić information content (AvgIpc) is 2.78. The lowest BCUT2D eigenvalue weighted by molar-refractivity contribution is 0.0660. The molecule has 0 aliphatic heterocycles. The Hall–Kier alpha value is -2.36. The highest BCUT2D eigenvalue weighted by molar-refractivity contribution is 6.07. The van der Waals surface area contributed by atoms with Gasteiger partial charge in [0.15, 0.2) is 5.76 Å². The maximum atomic E-state index is 11.9. The van der Waals surface area contributed by atoms with E-state index in [0.717, 1.165) is 5.56 Å². The van der Waals surface area contributed by atoms with Crippen molar-refractivity contribution in [3.8, 4) is 0 Å². The van der Waals surface area contributed by atoms with E-state index in [1.807, 2.05) is 19.1 Å². The second-order valence-electron chi connectivity index (χ2n) is 3.66. The maximum Gasteiger partial charge on any atom is 0.371 e. The van der Waals surface area contributed by atoms with Crippen LogP contribution in [0.5, 0.6) is 0 Å². The van der Waals surface area contributed by atoms with Crippen LogP contribution in [0.1, 0.15) is 32.2 Å². The molecule has 17 heavy (non-hydrogen) atoms. The number of rotatable bonds is 3. The summed E-state index contributed by atoms with van der Waals surface area (Å²) >= 11 is 0. The Morgan fingerprint density at radius 2 is 1.59 bits per heavy atom. The Morgan fingerprint density at radius 3 is 2.12 bits per heavy atom. The third-order valence-electron chi connectivity index (χ3n) is 2.35. The minimum atomic E-state index is -1.19. The van der Waals surface area contributed by atoms with Crippen molar-refractivity contribution in [3.63, 3.8) is 0 Å². The quantitative estimate of drug-likeness (QED) is 0.822. The molecule has 0 fully saturated rings. The molecule has 4 nitrogen and oxygen atoms in total. The van der Waals surface area contributed by atoms with Gasteiger partial charge in [-0.1, -0.05) is 29.8 Å². The number of carboxylic acids is 1. The number of aromatic carboxylic acids is 1. The zero-order chi connectivity index (χ0) is 12.4. The first-order valence-corrected chi connectivity index (χ1v) is 5.02. The molecule has 0 amide bonds. The monoisotopic (exact) mass is 230 g/mol. The van der Waals surface area contributed by atoms with Gasteiger partial charge in [-0.05, 0) is 19.1 Å². The van der Waals surface area contributed by atoms with Gasteiger partial charge in [-0.3, -0.25) is 4.79 Å². The van der Waals surface area contributed by atoms with E-state index >= 15 is 0 Å². The first-order chi connectivity index (χ1) is 8.08. The standard InChI is InChI=1S/C13H10O4/c1-8-2-4-9(5-3-8)12(14)10-6-7-11(17-10)13(15)16/h2-7H,1H3,(H,15,16). The second-order valence-corrected chi connectivity index (χ2v) is 3.66. The van der Waals surface area contributed by atoms with E-state index in [-0.39, 0.29) is 17.3 Å². The number of carbonyl (C=O) groups excluding carboxylic acids is 1. The minimum Gasteiger partial charge on any atom is -0.475 e. The van der Waals surface area contributed by atoms with Crippen molar-refractivity contribution in [3.05, 3.63) is 59.0 Å². The van der Waals surface area contributed by atoms with Gasteiger partial charge in [-0.15, -0.1) is 0 Å². The van der Waals surface area contributed by atoms with Gasteiger partial charge in [0.2, 0.25) is 11.5 Å². The van der Waals surface area contributed by atoms with E-state index in [4.69, 9.17) is 9.52 Å². The molecule has 4 heteroatoms. The molecule has 0 unspecified atom stereocenters. The van der Waals surface area contributed by atoms with Gasteiger partial charge in [0.05, 0.1) is 0 Å². The van der Waals surface area contributed by atoms with E-state index in [9.17, 15) is 9.59 Å². The number of carbonyl (C=O) groups is 2. The topological polar surface area (TPSA) is 67.5 Å². The molecule has 1 heterocycles. The van der Waals surface area contributed by atoms with Crippen LogP contribution in [-0.4, -0.2) is 16.9 Å². The molecule has 0 spiro atoms.